The monoisotopic (exact) mass is 237 g/mol. The summed E-state index contributed by atoms with van der Waals surface area (Å²) in [5.74, 6) is 4.17. The van der Waals surface area contributed by atoms with Gasteiger partial charge in [0.2, 0.25) is 0 Å². The van der Waals surface area contributed by atoms with Crippen LogP contribution in [0.15, 0.2) is 18.2 Å². The number of nitro benzene ring substituents is 1. The molecule has 0 aromatic heterocycles. The van der Waals surface area contributed by atoms with Gasteiger partial charge in [-0.1, -0.05) is 0 Å². The molecule has 0 aliphatic heterocycles. The van der Waals surface area contributed by atoms with Crippen molar-refractivity contribution in [2.45, 2.75) is 6.36 Å². The van der Waals surface area contributed by atoms with Gasteiger partial charge < -0.3 is 10.2 Å². The van der Waals surface area contributed by atoms with Crippen molar-refractivity contribution in [2.24, 2.45) is 5.84 Å². The Hall–Kier alpha value is -2.03. The van der Waals surface area contributed by atoms with Crippen molar-refractivity contribution < 1.29 is 22.8 Å². The summed E-state index contributed by atoms with van der Waals surface area (Å²) in [7, 11) is 0. The van der Waals surface area contributed by atoms with E-state index in [4.69, 9.17) is 5.84 Å². The van der Waals surface area contributed by atoms with Gasteiger partial charge >= 0.3 is 6.36 Å². The number of hydrogen-bond donors (Lipinski definition) is 2. The summed E-state index contributed by atoms with van der Waals surface area (Å²) in [6.07, 6.45) is -4.94. The van der Waals surface area contributed by atoms with Crippen molar-refractivity contribution in [2.75, 3.05) is 5.43 Å². The van der Waals surface area contributed by atoms with Gasteiger partial charge in [0, 0.05) is 6.07 Å². The molecule has 0 saturated heterocycles. The van der Waals surface area contributed by atoms with Crippen LogP contribution in [0.1, 0.15) is 0 Å². The van der Waals surface area contributed by atoms with Crippen LogP contribution in [-0.4, -0.2) is 11.3 Å². The molecular weight excluding hydrogens is 231 g/mol. The van der Waals surface area contributed by atoms with E-state index in [2.05, 4.69) is 4.74 Å². The zero-order chi connectivity index (χ0) is 12.3. The van der Waals surface area contributed by atoms with E-state index in [0.717, 1.165) is 12.1 Å². The second-order valence-electron chi connectivity index (χ2n) is 2.63. The summed E-state index contributed by atoms with van der Waals surface area (Å²) >= 11 is 0. The van der Waals surface area contributed by atoms with Gasteiger partial charge in [-0.2, -0.15) is 0 Å². The lowest BCUT2D eigenvalue weighted by molar-refractivity contribution is -0.385. The molecule has 88 valence electrons. The van der Waals surface area contributed by atoms with Crippen LogP contribution in [0, 0.1) is 10.1 Å². The first-order chi connectivity index (χ1) is 7.33. The van der Waals surface area contributed by atoms with Crippen molar-refractivity contribution in [1.29, 1.82) is 0 Å². The molecule has 0 heterocycles. The molecule has 0 amide bonds. The van der Waals surface area contributed by atoms with Gasteiger partial charge in [-0.25, -0.2) is 0 Å². The summed E-state index contributed by atoms with van der Waals surface area (Å²) in [6.45, 7) is 0. The van der Waals surface area contributed by atoms with E-state index in [-0.39, 0.29) is 5.69 Å². The summed E-state index contributed by atoms with van der Waals surface area (Å²) in [5.41, 5.74) is 1.20. The molecule has 0 aliphatic carbocycles. The molecule has 0 unspecified atom stereocenters. The number of anilines is 1. The molecule has 0 saturated carbocycles. The van der Waals surface area contributed by atoms with E-state index in [1.807, 2.05) is 5.43 Å². The van der Waals surface area contributed by atoms with Crippen molar-refractivity contribution in [3.05, 3.63) is 28.3 Å². The number of alkyl halides is 3. The molecule has 3 N–H and O–H groups in total. The largest absolute Gasteiger partial charge is 0.573 e. The minimum atomic E-state index is -4.94. The van der Waals surface area contributed by atoms with Gasteiger partial charge in [-0.15, -0.1) is 13.2 Å². The summed E-state index contributed by atoms with van der Waals surface area (Å²) < 4.78 is 39.4. The second kappa shape index (κ2) is 4.23. The molecule has 9 heteroatoms. The number of non-ortho nitro benzene ring substituents is 1. The first-order valence-electron chi connectivity index (χ1n) is 3.84. The highest BCUT2D eigenvalue weighted by Gasteiger charge is 2.32. The Bertz CT molecular complexity index is 408. The highest BCUT2D eigenvalue weighted by Crippen LogP contribution is 2.32. The minimum absolute atomic E-state index is 0.206. The maximum atomic E-state index is 11.9. The number of nitro groups is 1. The summed E-state index contributed by atoms with van der Waals surface area (Å²) in [4.78, 5) is 9.49. The van der Waals surface area contributed by atoms with Crippen LogP contribution < -0.4 is 16.0 Å². The summed E-state index contributed by atoms with van der Waals surface area (Å²) in [5, 5.41) is 10.3. The van der Waals surface area contributed by atoms with Crippen molar-refractivity contribution >= 4 is 11.4 Å². The highest BCUT2D eigenvalue weighted by atomic mass is 19.4. The Balaban J connectivity index is 3.12. The third-order valence-electron chi connectivity index (χ3n) is 1.56. The predicted molar refractivity (Wildman–Crippen MR) is 47.6 cm³/mol. The third-order valence-corrected chi connectivity index (χ3v) is 1.56. The Morgan fingerprint density at radius 1 is 1.44 bits per heavy atom. The fourth-order valence-electron chi connectivity index (χ4n) is 0.953. The molecule has 0 spiro atoms. The van der Waals surface area contributed by atoms with Crippen LogP contribution in [0.2, 0.25) is 0 Å². The second-order valence-corrected chi connectivity index (χ2v) is 2.63. The smallest absolute Gasteiger partial charge is 0.403 e. The third kappa shape index (κ3) is 2.98. The van der Waals surface area contributed by atoms with Crippen LogP contribution in [-0.2, 0) is 0 Å². The average molecular weight is 237 g/mol. The van der Waals surface area contributed by atoms with E-state index in [1.54, 1.807) is 0 Å². The number of nitrogens with one attached hydrogen (secondary N) is 1. The van der Waals surface area contributed by atoms with Gasteiger partial charge in [0.25, 0.3) is 5.69 Å². The lowest BCUT2D eigenvalue weighted by atomic mass is 10.2. The molecule has 0 bridgehead atoms. The Morgan fingerprint density at radius 2 is 2.06 bits per heavy atom. The normalized spacial score (nSPS) is 11.0. The fourth-order valence-corrected chi connectivity index (χ4v) is 0.953. The van der Waals surface area contributed by atoms with Crippen LogP contribution >= 0.6 is 0 Å². The quantitative estimate of drug-likeness (QED) is 0.475. The molecular formula is C7H6F3N3O3. The van der Waals surface area contributed by atoms with E-state index in [9.17, 15) is 23.3 Å². The molecule has 1 rings (SSSR count). The molecule has 1 aromatic carbocycles. The van der Waals surface area contributed by atoms with Gasteiger partial charge in [0.1, 0.15) is 0 Å². The number of benzene rings is 1. The topological polar surface area (TPSA) is 90.4 Å². The lowest BCUT2D eigenvalue weighted by Crippen LogP contribution is -2.19. The fraction of sp³-hybridized carbons (Fsp3) is 0.143. The number of hydrazine groups is 1. The van der Waals surface area contributed by atoms with Crippen molar-refractivity contribution in [1.82, 2.24) is 0 Å². The zero-order valence-corrected chi connectivity index (χ0v) is 7.62. The maximum Gasteiger partial charge on any atom is 0.573 e. The lowest BCUT2D eigenvalue weighted by Gasteiger charge is -2.12. The van der Waals surface area contributed by atoms with Gasteiger partial charge in [-0.3, -0.25) is 16.0 Å². The standard InChI is InChI=1S/C7H6F3N3O3/c8-7(9,10)16-6-3-4(13(14)15)1-2-5(6)12-11/h1-3,12H,11H2. The number of nitrogens with zero attached hydrogens (tertiary/aromatic N) is 1. The van der Waals surface area contributed by atoms with E-state index in [1.165, 1.54) is 0 Å². The van der Waals surface area contributed by atoms with Crippen LogP contribution in [0.25, 0.3) is 0 Å². The first-order valence-corrected chi connectivity index (χ1v) is 3.84. The van der Waals surface area contributed by atoms with Crippen molar-refractivity contribution in [3.63, 3.8) is 0 Å². The molecule has 0 atom stereocenters. The van der Waals surface area contributed by atoms with Gasteiger partial charge in [0.05, 0.1) is 16.7 Å². The minimum Gasteiger partial charge on any atom is -0.403 e. The SMILES string of the molecule is NNc1ccc([N+](=O)[O-])cc1OC(F)(F)F. The molecule has 1 aromatic rings. The van der Waals surface area contributed by atoms with E-state index >= 15 is 0 Å². The van der Waals surface area contributed by atoms with Crippen LogP contribution in [0.4, 0.5) is 24.5 Å². The Morgan fingerprint density at radius 3 is 2.50 bits per heavy atom. The summed E-state index contributed by atoms with van der Waals surface area (Å²) in [6, 6.07) is 2.64. The number of hydrogen-bond acceptors (Lipinski definition) is 5. The Kier molecular flexibility index (Phi) is 3.18. The number of halogens is 3. The zero-order valence-electron chi connectivity index (χ0n) is 7.62. The van der Waals surface area contributed by atoms with Gasteiger partial charge in [-0.05, 0) is 6.07 Å². The van der Waals surface area contributed by atoms with E-state index < -0.39 is 22.7 Å². The average Bonchev–Trinajstić information content (AvgIpc) is 2.15. The molecule has 16 heavy (non-hydrogen) atoms. The number of ether oxygens (including phenoxy) is 1. The Labute approximate surface area is 86.9 Å². The molecule has 0 radical (unpaired) electrons. The number of nitrogen functional groups attached to an aromatic ring is 1. The molecule has 6 nitrogen and oxygen atoms in total. The molecule has 0 aliphatic rings. The number of nitrogens with two attached hydrogens (primary N) is 1. The molecule has 0 fully saturated rings. The predicted octanol–water partition coefficient (Wildman–Crippen LogP) is 1.78. The maximum absolute atomic E-state index is 11.9. The van der Waals surface area contributed by atoms with Crippen LogP contribution in [0.5, 0.6) is 5.75 Å². The van der Waals surface area contributed by atoms with E-state index in [0.29, 0.717) is 6.07 Å². The number of rotatable bonds is 3. The first kappa shape index (κ1) is 12.0. The van der Waals surface area contributed by atoms with Gasteiger partial charge in [0.15, 0.2) is 5.75 Å². The highest BCUT2D eigenvalue weighted by molar-refractivity contribution is 5.60. The van der Waals surface area contributed by atoms with Crippen molar-refractivity contribution in [3.8, 4) is 5.75 Å². The van der Waals surface area contributed by atoms with Crippen LogP contribution in [0.3, 0.4) is 0 Å².